The molecule has 0 fully saturated rings. The highest BCUT2D eigenvalue weighted by molar-refractivity contribution is 6.35. The van der Waals surface area contributed by atoms with Crippen LogP contribution in [0.3, 0.4) is 0 Å². The predicted molar refractivity (Wildman–Crippen MR) is 133 cm³/mol. The molecule has 0 heterocycles. The fraction of sp³-hybridized carbons (Fsp3) is 0.500. The van der Waals surface area contributed by atoms with Gasteiger partial charge in [0, 0.05) is 19.0 Å². The summed E-state index contributed by atoms with van der Waals surface area (Å²) in [5.41, 5.74) is 2.23. The van der Waals surface area contributed by atoms with E-state index < -0.39 is 11.8 Å². The third-order valence-corrected chi connectivity index (χ3v) is 5.89. The average molecular weight is 437 g/mol. The van der Waals surface area contributed by atoms with Crippen LogP contribution >= 0.6 is 0 Å². The molecule has 4 heteroatoms. The van der Waals surface area contributed by atoms with E-state index in [2.05, 4.69) is 41.8 Å². The molecular formula is C28H40N2O2. The van der Waals surface area contributed by atoms with E-state index in [1.165, 1.54) is 51.4 Å². The smallest absolute Gasteiger partial charge is 0.309 e. The Morgan fingerprint density at radius 3 is 1.56 bits per heavy atom. The Hall–Kier alpha value is -2.62. The van der Waals surface area contributed by atoms with Gasteiger partial charge in [-0.25, -0.2) is 0 Å². The molecule has 174 valence electrons. The molecule has 0 spiro atoms. The molecule has 2 aromatic carbocycles. The van der Waals surface area contributed by atoms with Crippen LogP contribution in [0.2, 0.25) is 0 Å². The molecule has 0 unspecified atom stereocenters. The van der Waals surface area contributed by atoms with Crippen LogP contribution in [0.5, 0.6) is 0 Å². The molecule has 0 aliphatic rings. The van der Waals surface area contributed by atoms with Crippen molar-refractivity contribution < 1.29 is 9.59 Å². The van der Waals surface area contributed by atoms with E-state index in [-0.39, 0.29) is 5.92 Å². The summed E-state index contributed by atoms with van der Waals surface area (Å²) >= 11 is 0. The first-order chi connectivity index (χ1) is 15.7. The Kier molecular flexibility index (Phi) is 12.9. The summed E-state index contributed by atoms with van der Waals surface area (Å²) in [6.07, 6.45) is 12.5. The maximum Gasteiger partial charge on any atom is 0.309 e. The summed E-state index contributed by atoms with van der Waals surface area (Å²) in [5.74, 6) is -1.09. The first-order valence-electron chi connectivity index (χ1n) is 12.4. The van der Waals surface area contributed by atoms with Gasteiger partial charge >= 0.3 is 11.8 Å². The Bertz CT molecular complexity index is 722. The topological polar surface area (TPSA) is 58.2 Å². The highest BCUT2D eigenvalue weighted by Crippen LogP contribution is 2.23. The molecule has 0 aliphatic carbocycles. The van der Waals surface area contributed by atoms with Crippen LogP contribution in [0.15, 0.2) is 60.7 Å². The Morgan fingerprint density at radius 2 is 1.06 bits per heavy atom. The number of amides is 2. The second kappa shape index (κ2) is 16.1. The van der Waals surface area contributed by atoms with E-state index in [1.807, 2.05) is 36.4 Å². The third-order valence-electron chi connectivity index (χ3n) is 5.89. The highest BCUT2D eigenvalue weighted by atomic mass is 16.2. The maximum absolute atomic E-state index is 12.3. The van der Waals surface area contributed by atoms with E-state index in [0.717, 1.165) is 24.0 Å². The average Bonchev–Trinajstić information content (AvgIpc) is 2.83. The number of benzene rings is 2. The van der Waals surface area contributed by atoms with Crippen molar-refractivity contribution in [3.05, 3.63) is 71.8 Å². The van der Waals surface area contributed by atoms with E-state index in [0.29, 0.717) is 13.1 Å². The number of carbonyl (C=O) groups excluding carboxylic acids is 2. The fourth-order valence-electron chi connectivity index (χ4n) is 3.97. The van der Waals surface area contributed by atoms with E-state index in [4.69, 9.17) is 0 Å². The lowest BCUT2D eigenvalue weighted by Crippen LogP contribution is -2.41. The van der Waals surface area contributed by atoms with Gasteiger partial charge in [0.15, 0.2) is 0 Å². The van der Waals surface area contributed by atoms with Crippen LogP contribution in [-0.2, 0) is 9.59 Å². The Labute approximate surface area is 194 Å². The Balaban J connectivity index is 1.64. The summed E-state index contributed by atoms with van der Waals surface area (Å²) < 4.78 is 0. The molecule has 0 saturated carbocycles. The monoisotopic (exact) mass is 436 g/mol. The first-order valence-corrected chi connectivity index (χ1v) is 12.4. The van der Waals surface area contributed by atoms with E-state index in [1.54, 1.807) is 0 Å². The van der Waals surface area contributed by atoms with Gasteiger partial charge in [-0.3, -0.25) is 9.59 Å². The van der Waals surface area contributed by atoms with Gasteiger partial charge in [-0.15, -0.1) is 0 Å². The van der Waals surface area contributed by atoms with Crippen molar-refractivity contribution in [1.29, 1.82) is 0 Å². The van der Waals surface area contributed by atoms with Crippen LogP contribution in [0.25, 0.3) is 0 Å². The van der Waals surface area contributed by atoms with Crippen molar-refractivity contribution in [3.8, 4) is 0 Å². The van der Waals surface area contributed by atoms with Gasteiger partial charge in [-0.1, -0.05) is 125 Å². The molecule has 0 aliphatic heterocycles. The molecule has 0 bridgehead atoms. The summed E-state index contributed by atoms with van der Waals surface area (Å²) in [4.78, 5) is 24.5. The Morgan fingerprint density at radius 1 is 0.625 bits per heavy atom. The van der Waals surface area contributed by atoms with Gasteiger partial charge in [0.2, 0.25) is 0 Å². The largest absolute Gasteiger partial charge is 0.348 e. The van der Waals surface area contributed by atoms with Crippen molar-refractivity contribution in [3.63, 3.8) is 0 Å². The van der Waals surface area contributed by atoms with E-state index >= 15 is 0 Å². The molecule has 0 aromatic heterocycles. The highest BCUT2D eigenvalue weighted by Gasteiger charge is 2.18. The molecule has 2 amide bonds. The standard InChI is InChI=1S/C28H40N2O2/c1-2-3-4-5-6-7-8-9-10-17-22-29-27(31)28(32)30-23-26(24-18-13-11-14-19-24)25-20-15-12-16-21-25/h11-16,18-21,26H,2-10,17,22-23H2,1H3,(H,29,31)(H,30,32). The second-order valence-electron chi connectivity index (χ2n) is 8.52. The minimum Gasteiger partial charge on any atom is -0.348 e. The number of rotatable bonds is 15. The lowest BCUT2D eigenvalue weighted by atomic mass is 9.91. The molecule has 2 aromatic rings. The zero-order valence-electron chi connectivity index (χ0n) is 19.7. The fourth-order valence-corrected chi connectivity index (χ4v) is 3.97. The number of carbonyl (C=O) groups is 2. The van der Waals surface area contributed by atoms with Crippen LogP contribution in [0.4, 0.5) is 0 Å². The summed E-state index contributed by atoms with van der Waals surface area (Å²) in [6.45, 7) is 3.19. The second-order valence-corrected chi connectivity index (χ2v) is 8.52. The van der Waals surface area contributed by atoms with E-state index in [9.17, 15) is 9.59 Å². The van der Waals surface area contributed by atoms with Gasteiger partial charge in [-0.05, 0) is 17.5 Å². The SMILES string of the molecule is CCCCCCCCCCCCNC(=O)C(=O)NCC(c1ccccc1)c1ccccc1. The quantitative estimate of drug-likeness (QED) is 0.267. The molecule has 32 heavy (non-hydrogen) atoms. The zero-order valence-corrected chi connectivity index (χ0v) is 19.7. The van der Waals surface area contributed by atoms with Gasteiger partial charge < -0.3 is 10.6 Å². The normalized spacial score (nSPS) is 10.8. The van der Waals surface area contributed by atoms with Crippen LogP contribution in [-0.4, -0.2) is 24.9 Å². The summed E-state index contributed by atoms with van der Waals surface area (Å²) in [5, 5.41) is 5.58. The van der Waals surface area contributed by atoms with Gasteiger partial charge in [0.1, 0.15) is 0 Å². The van der Waals surface area contributed by atoms with Crippen LogP contribution in [0, 0.1) is 0 Å². The maximum atomic E-state index is 12.3. The minimum absolute atomic E-state index is 0.0103. The van der Waals surface area contributed by atoms with Gasteiger partial charge in [-0.2, -0.15) is 0 Å². The van der Waals surface area contributed by atoms with Crippen molar-refractivity contribution in [2.75, 3.05) is 13.1 Å². The third kappa shape index (κ3) is 10.1. The molecule has 0 radical (unpaired) electrons. The molecule has 0 saturated heterocycles. The minimum atomic E-state index is -0.561. The lowest BCUT2D eigenvalue weighted by Gasteiger charge is -2.18. The van der Waals surface area contributed by atoms with Gasteiger partial charge in [0.05, 0.1) is 0 Å². The summed E-state index contributed by atoms with van der Waals surface area (Å²) in [7, 11) is 0. The predicted octanol–water partition coefficient (Wildman–Crippen LogP) is 5.97. The van der Waals surface area contributed by atoms with Crippen molar-refractivity contribution in [1.82, 2.24) is 10.6 Å². The number of unbranched alkanes of at least 4 members (excludes halogenated alkanes) is 9. The lowest BCUT2D eigenvalue weighted by molar-refractivity contribution is -0.139. The molecule has 2 rings (SSSR count). The van der Waals surface area contributed by atoms with Crippen molar-refractivity contribution in [2.24, 2.45) is 0 Å². The zero-order chi connectivity index (χ0) is 22.9. The van der Waals surface area contributed by atoms with Crippen molar-refractivity contribution in [2.45, 2.75) is 77.0 Å². The van der Waals surface area contributed by atoms with Crippen LogP contribution < -0.4 is 10.6 Å². The number of hydrogen-bond acceptors (Lipinski definition) is 2. The molecule has 4 nitrogen and oxygen atoms in total. The summed E-state index contributed by atoms with van der Waals surface area (Å²) in [6, 6.07) is 20.1. The van der Waals surface area contributed by atoms with Crippen molar-refractivity contribution >= 4 is 11.8 Å². The molecular weight excluding hydrogens is 396 g/mol. The van der Waals surface area contributed by atoms with Gasteiger partial charge in [0.25, 0.3) is 0 Å². The number of hydrogen-bond donors (Lipinski definition) is 2. The molecule has 2 N–H and O–H groups in total. The number of nitrogens with one attached hydrogen (secondary N) is 2. The molecule has 0 atom stereocenters. The first kappa shape index (κ1) is 25.6. The van der Waals surface area contributed by atoms with Crippen LogP contribution in [0.1, 0.15) is 88.2 Å².